The van der Waals surface area contributed by atoms with Crippen LogP contribution in [0.4, 0.5) is 0 Å². The van der Waals surface area contributed by atoms with Gasteiger partial charge in [0.15, 0.2) is 0 Å². The van der Waals surface area contributed by atoms with E-state index in [1.54, 1.807) is 12.1 Å². The van der Waals surface area contributed by atoms with Gasteiger partial charge in [0.1, 0.15) is 5.75 Å². The molecule has 3 aromatic carbocycles. The largest absolute Gasteiger partial charge is 0.508 e. The lowest BCUT2D eigenvalue weighted by Gasteiger charge is -2.40. The number of phenolic OH excluding ortho intramolecular Hbond substituents is 1. The molecule has 1 saturated heterocycles. The Balaban J connectivity index is 1.49. The van der Waals surface area contributed by atoms with Gasteiger partial charge in [-0.1, -0.05) is 59.6 Å². The number of rotatable bonds is 5. The number of phenols is 1. The van der Waals surface area contributed by atoms with Gasteiger partial charge in [-0.15, -0.1) is 0 Å². The third-order valence-electron chi connectivity index (χ3n) is 5.49. The van der Waals surface area contributed by atoms with E-state index in [1.807, 2.05) is 36.4 Å². The van der Waals surface area contributed by atoms with E-state index in [1.165, 1.54) is 16.7 Å². The third-order valence-corrected chi connectivity index (χ3v) is 5.99. The molecule has 3 nitrogen and oxygen atoms in total. The third kappa shape index (κ3) is 5.12. The Morgan fingerprint density at radius 3 is 1.66 bits per heavy atom. The Bertz CT molecular complexity index is 873. The maximum Gasteiger partial charge on any atom is 0.115 e. The van der Waals surface area contributed by atoms with Gasteiger partial charge in [0.25, 0.3) is 0 Å². The normalized spacial score (nSPS) is 15.7. The van der Waals surface area contributed by atoms with Crippen LogP contribution in [0.25, 0.3) is 0 Å². The smallest absolute Gasteiger partial charge is 0.115 e. The molecule has 29 heavy (non-hydrogen) atoms. The Hall–Kier alpha value is -2.04. The first-order valence-corrected chi connectivity index (χ1v) is 10.6. The van der Waals surface area contributed by atoms with Crippen molar-refractivity contribution in [3.05, 3.63) is 99.5 Å². The van der Waals surface area contributed by atoms with E-state index in [-0.39, 0.29) is 6.04 Å². The van der Waals surface area contributed by atoms with Gasteiger partial charge < -0.3 is 5.11 Å². The van der Waals surface area contributed by atoms with Crippen LogP contribution in [0.5, 0.6) is 5.75 Å². The zero-order valence-electron chi connectivity index (χ0n) is 16.1. The Kier molecular flexibility index (Phi) is 6.41. The van der Waals surface area contributed by atoms with Gasteiger partial charge in [-0.2, -0.15) is 0 Å². The average molecular weight is 427 g/mol. The molecule has 0 spiro atoms. The van der Waals surface area contributed by atoms with Crippen molar-refractivity contribution in [2.24, 2.45) is 0 Å². The summed E-state index contributed by atoms with van der Waals surface area (Å²) in [7, 11) is 0. The molecule has 0 radical (unpaired) electrons. The number of hydrogen-bond donors (Lipinski definition) is 1. The predicted molar refractivity (Wildman–Crippen MR) is 120 cm³/mol. The highest BCUT2D eigenvalue weighted by Crippen LogP contribution is 2.31. The molecule has 0 bridgehead atoms. The average Bonchev–Trinajstić information content (AvgIpc) is 2.74. The molecule has 1 heterocycles. The Morgan fingerprint density at radius 1 is 0.690 bits per heavy atom. The van der Waals surface area contributed by atoms with Gasteiger partial charge in [0, 0.05) is 42.8 Å². The Morgan fingerprint density at radius 2 is 1.17 bits per heavy atom. The molecule has 150 valence electrons. The minimum absolute atomic E-state index is 0.181. The second-order valence-corrected chi connectivity index (χ2v) is 8.36. The minimum Gasteiger partial charge on any atom is -0.508 e. The number of piperazine rings is 1. The van der Waals surface area contributed by atoms with Gasteiger partial charge in [-0.25, -0.2) is 0 Å². The highest BCUT2D eigenvalue weighted by Gasteiger charge is 2.26. The van der Waals surface area contributed by atoms with Crippen molar-refractivity contribution < 1.29 is 5.11 Å². The number of benzene rings is 3. The van der Waals surface area contributed by atoms with Gasteiger partial charge in [0.2, 0.25) is 0 Å². The number of hydrogen-bond acceptors (Lipinski definition) is 3. The van der Waals surface area contributed by atoms with Crippen molar-refractivity contribution in [3.63, 3.8) is 0 Å². The summed E-state index contributed by atoms with van der Waals surface area (Å²) < 4.78 is 0. The van der Waals surface area contributed by atoms with Crippen molar-refractivity contribution in [3.8, 4) is 5.75 Å². The molecule has 0 atom stereocenters. The zero-order valence-corrected chi connectivity index (χ0v) is 17.7. The second-order valence-electron chi connectivity index (χ2n) is 7.48. The maximum absolute atomic E-state index is 9.47. The van der Waals surface area contributed by atoms with Crippen LogP contribution >= 0.6 is 23.2 Å². The quantitative estimate of drug-likeness (QED) is 0.574. The van der Waals surface area contributed by atoms with E-state index >= 15 is 0 Å². The number of nitrogens with zero attached hydrogens (tertiary/aromatic N) is 2. The van der Waals surface area contributed by atoms with Crippen LogP contribution in [0.15, 0.2) is 72.8 Å². The monoisotopic (exact) mass is 426 g/mol. The van der Waals surface area contributed by atoms with Gasteiger partial charge in [-0.05, 0) is 53.1 Å². The van der Waals surface area contributed by atoms with Crippen molar-refractivity contribution >= 4 is 23.2 Å². The molecule has 0 unspecified atom stereocenters. The van der Waals surface area contributed by atoms with E-state index in [0.29, 0.717) is 5.75 Å². The maximum atomic E-state index is 9.47. The van der Waals surface area contributed by atoms with Crippen LogP contribution in [0.1, 0.15) is 22.7 Å². The summed E-state index contributed by atoms with van der Waals surface area (Å²) >= 11 is 12.2. The summed E-state index contributed by atoms with van der Waals surface area (Å²) in [5.74, 6) is 0.312. The molecular formula is C24H24Cl2N2O. The lowest BCUT2D eigenvalue weighted by molar-refractivity contribution is 0.105. The lowest BCUT2D eigenvalue weighted by atomic mass is 9.96. The molecule has 0 aromatic heterocycles. The summed E-state index contributed by atoms with van der Waals surface area (Å²) in [6.45, 7) is 4.86. The van der Waals surface area contributed by atoms with E-state index in [9.17, 15) is 5.11 Å². The predicted octanol–water partition coefficient (Wildman–Crippen LogP) is 5.61. The molecule has 0 saturated carbocycles. The van der Waals surface area contributed by atoms with Crippen molar-refractivity contribution in [1.29, 1.82) is 0 Å². The van der Waals surface area contributed by atoms with E-state index in [4.69, 9.17) is 23.2 Å². The number of halogens is 2. The molecule has 3 aromatic rings. The van der Waals surface area contributed by atoms with Crippen LogP contribution in [-0.2, 0) is 6.54 Å². The van der Waals surface area contributed by atoms with Gasteiger partial charge in [-0.3, -0.25) is 9.80 Å². The molecule has 5 heteroatoms. The highest BCUT2D eigenvalue weighted by molar-refractivity contribution is 6.30. The van der Waals surface area contributed by atoms with Crippen LogP contribution < -0.4 is 0 Å². The molecule has 1 aliphatic rings. The summed E-state index contributed by atoms with van der Waals surface area (Å²) in [4.78, 5) is 4.99. The molecule has 1 fully saturated rings. The van der Waals surface area contributed by atoms with Crippen molar-refractivity contribution in [2.45, 2.75) is 12.6 Å². The second kappa shape index (κ2) is 9.19. The first-order chi connectivity index (χ1) is 14.1. The molecule has 0 amide bonds. The van der Waals surface area contributed by atoms with Gasteiger partial charge >= 0.3 is 0 Å². The lowest BCUT2D eigenvalue weighted by Crippen LogP contribution is -2.47. The van der Waals surface area contributed by atoms with Crippen molar-refractivity contribution in [2.75, 3.05) is 26.2 Å². The van der Waals surface area contributed by atoms with Crippen LogP contribution in [-0.4, -0.2) is 41.1 Å². The summed E-state index contributed by atoms with van der Waals surface area (Å²) in [6, 6.07) is 24.0. The standard InChI is InChI=1S/C24H24Cl2N2O/c25-21-7-3-19(4-8-21)24(20-5-9-22(26)10-6-20)28-15-13-27(14-16-28)17-18-1-11-23(29)12-2-18/h1-12,24,29H,13-17H2. The van der Waals surface area contributed by atoms with Crippen LogP contribution in [0, 0.1) is 0 Å². The van der Waals surface area contributed by atoms with Gasteiger partial charge in [0.05, 0.1) is 6.04 Å². The first-order valence-electron chi connectivity index (χ1n) is 9.84. The van der Waals surface area contributed by atoms with E-state index < -0.39 is 0 Å². The van der Waals surface area contributed by atoms with E-state index in [2.05, 4.69) is 34.1 Å². The van der Waals surface area contributed by atoms with Crippen LogP contribution in [0.3, 0.4) is 0 Å². The molecule has 1 aliphatic heterocycles. The van der Waals surface area contributed by atoms with E-state index in [0.717, 1.165) is 42.8 Å². The minimum atomic E-state index is 0.181. The molecular weight excluding hydrogens is 403 g/mol. The fourth-order valence-corrected chi connectivity index (χ4v) is 4.20. The SMILES string of the molecule is Oc1ccc(CN2CCN(C(c3ccc(Cl)cc3)c3ccc(Cl)cc3)CC2)cc1. The fraction of sp³-hybridized carbons (Fsp3) is 0.250. The summed E-state index contributed by atoms with van der Waals surface area (Å²) in [5, 5.41) is 11.0. The summed E-state index contributed by atoms with van der Waals surface area (Å²) in [6.07, 6.45) is 0. The Labute approximate surface area is 182 Å². The topological polar surface area (TPSA) is 26.7 Å². The molecule has 0 aliphatic carbocycles. The van der Waals surface area contributed by atoms with Crippen LogP contribution in [0.2, 0.25) is 10.0 Å². The highest BCUT2D eigenvalue weighted by atomic mass is 35.5. The molecule has 1 N–H and O–H groups in total. The molecule has 4 rings (SSSR count). The zero-order chi connectivity index (χ0) is 20.2. The van der Waals surface area contributed by atoms with Crippen molar-refractivity contribution in [1.82, 2.24) is 9.80 Å². The first kappa shape index (κ1) is 20.2. The summed E-state index contributed by atoms with van der Waals surface area (Å²) in [5.41, 5.74) is 3.70. The number of aromatic hydroxyl groups is 1. The fourth-order valence-electron chi connectivity index (χ4n) is 3.94.